The van der Waals surface area contributed by atoms with Crippen LogP contribution in [-0.4, -0.2) is 18.2 Å². The summed E-state index contributed by atoms with van der Waals surface area (Å²) in [6, 6.07) is 0.110. The van der Waals surface area contributed by atoms with Gasteiger partial charge in [-0.25, -0.2) is 0 Å². The van der Waals surface area contributed by atoms with E-state index in [-0.39, 0.29) is 6.07 Å². The highest BCUT2D eigenvalue weighted by molar-refractivity contribution is 7.87. The lowest BCUT2D eigenvalue weighted by atomic mass is 10.8. The van der Waals surface area contributed by atoms with E-state index in [2.05, 4.69) is 0 Å². The van der Waals surface area contributed by atoms with Crippen LogP contribution in [0.3, 0.4) is 0 Å². The molecule has 7 heteroatoms. The number of hydrogen-bond acceptors (Lipinski definition) is 3. The molecule has 4 nitrogen and oxygen atoms in total. The van der Waals surface area contributed by atoms with Crippen molar-refractivity contribution in [2.45, 2.75) is 5.25 Å². The van der Waals surface area contributed by atoms with Crippen molar-refractivity contribution in [1.29, 1.82) is 5.26 Å². The summed E-state index contributed by atoms with van der Waals surface area (Å²) in [6.45, 7) is 0. The maximum absolute atomic E-state index is 11.5. The number of nitrogens with zero attached hydrogens (tertiary/aromatic N) is 1. The van der Waals surface area contributed by atoms with E-state index < -0.39 is 15.4 Å². The Hall–Kier alpha value is -0.740. The molecule has 1 N–H and O–H groups in total. The average Bonchev–Trinajstić information content (AvgIpc) is 1.64. The summed E-state index contributed by atoms with van der Waals surface area (Å²) in [5.74, 6) is 0. The first-order valence-electron chi connectivity index (χ1n) is 1.57. The molecule has 9 heavy (non-hydrogen) atoms. The molecule has 0 radical (unpaired) electrons. The maximum atomic E-state index is 11.5. The second-order valence-electron chi connectivity index (χ2n) is 1.10. The summed E-state index contributed by atoms with van der Waals surface area (Å²) in [5, 5.41) is 2.70. The molecule has 0 saturated carbocycles. The predicted octanol–water partition coefficient (Wildman–Crippen LogP) is -0.00942. The minimum atomic E-state index is -5.55. The van der Waals surface area contributed by atoms with Gasteiger partial charge in [0.15, 0.2) is 6.07 Å². The van der Waals surface area contributed by atoms with Crippen LogP contribution in [0.1, 0.15) is 0 Å². The highest BCUT2D eigenvalue weighted by Gasteiger charge is 2.44. The van der Waals surface area contributed by atoms with Crippen LogP contribution in [-0.2, 0) is 10.1 Å². The van der Waals surface area contributed by atoms with Gasteiger partial charge in [0.2, 0.25) is 0 Å². The standard InChI is InChI=1S/C2HF2NO3S/c3-2(4,1-5)9(6,7)8/h(H,6,7,8). The monoisotopic (exact) mass is 157 g/mol. The van der Waals surface area contributed by atoms with Gasteiger partial charge in [0.1, 0.15) is 0 Å². The third kappa shape index (κ3) is 1.58. The highest BCUT2D eigenvalue weighted by Crippen LogP contribution is 2.17. The molecule has 0 atom stereocenters. The Morgan fingerprint density at radius 1 is 1.56 bits per heavy atom. The molecule has 0 unspecified atom stereocenters. The number of alkyl halides is 2. The van der Waals surface area contributed by atoms with Crippen LogP contribution in [0, 0.1) is 11.3 Å². The van der Waals surface area contributed by atoms with Gasteiger partial charge < -0.3 is 0 Å². The fourth-order valence-corrected chi connectivity index (χ4v) is 0.173. The smallest absolute Gasteiger partial charge is 0.280 e. The van der Waals surface area contributed by atoms with Gasteiger partial charge in [-0.15, -0.1) is 0 Å². The lowest BCUT2D eigenvalue weighted by Crippen LogP contribution is -2.25. The Morgan fingerprint density at radius 3 is 1.89 bits per heavy atom. The Balaban J connectivity index is 4.85. The summed E-state index contributed by atoms with van der Waals surface area (Å²) in [4.78, 5) is 0. The topological polar surface area (TPSA) is 78.2 Å². The zero-order valence-corrected chi connectivity index (χ0v) is 4.69. The second kappa shape index (κ2) is 1.89. The van der Waals surface area contributed by atoms with Gasteiger partial charge in [-0.2, -0.15) is 22.5 Å². The summed E-state index contributed by atoms with van der Waals surface area (Å²) >= 11 is 0. The fraction of sp³-hybridized carbons (Fsp3) is 0.500. The molecular formula is C2HF2NO3S. The quantitative estimate of drug-likeness (QED) is 0.543. The molecule has 0 heterocycles. The van der Waals surface area contributed by atoms with E-state index in [0.29, 0.717) is 0 Å². The van der Waals surface area contributed by atoms with Gasteiger partial charge in [0.25, 0.3) is 0 Å². The van der Waals surface area contributed by atoms with Crippen molar-refractivity contribution < 1.29 is 21.8 Å². The van der Waals surface area contributed by atoms with Crippen molar-refractivity contribution in [3.63, 3.8) is 0 Å². The van der Waals surface area contributed by atoms with Crippen molar-refractivity contribution >= 4 is 10.1 Å². The Labute approximate surface area is 49.5 Å². The third-order valence-electron chi connectivity index (χ3n) is 0.454. The van der Waals surface area contributed by atoms with Gasteiger partial charge in [-0.1, -0.05) is 0 Å². The third-order valence-corrected chi connectivity index (χ3v) is 1.19. The first-order valence-corrected chi connectivity index (χ1v) is 3.01. The lowest BCUT2D eigenvalue weighted by molar-refractivity contribution is 0.142. The minimum Gasteiger partial charge on any atom is -0.280 e. The number of halogens is 2. The van der Waals surface area contributed by atoms with Crippen molar-refractivity contribution in [2.24, 2.45) is 0 Å². The molecule has 0 rings (SSSR count). The van der Waals surface area contributed by atoms with Crippen LogP contribution in [0.25, 0.3) is 0 Å². The first-order chi connectivity index (χ1) is 3.81. The van der Waals surface area contributed by atoms with E-state index in [1.54, 1.807) is 0 Å². The molecule has 0 aliphatic carbocycles. The molecule has 0 fully saturated rings. The zero-order valence-electron chi connectivity index (χ0n) is 3.88. The van der Waals surface area contributed by atoms with Gasteiger partial charge >= 0.3 is 15.4 Å². The Kier molecular flexibility index (Phi) is 1.74. The number of rotatable bonds is 1. The van der Waals surface area contributed by atoms with Gasteiger partial charge in [-0.05, 0) is 0 Å². The van der Waals surface area contributed by atoms with Gasteiger partial charge in [-0.3, -0.25) is 4.55 Å². The summed E-state index contributed by atoms with van der Waals surface area (Å²) in [7, 11) is -5.55. The van der Waals surface area contributed by atoms with E-state index in [1.807, 2.05) is 0 Å². The van der Waals surface area contributed by atoms with Crippen molar-refractivity contribution in [3.05, 3.63) is 0 Å². The summed E-state index contributed by atoms with van der Waals surface area (Å²) < 4.78 is 49.4. The fourth-order valence-electron chi connectivity index (χ4n) is 0.0577. The SMILES string of the molecule is N#CC(F)(F)S(=O)(=O)O. The molecule has 0 saturated heterocycles. The molecule has 52 valence electrons. The van der Waals surface area contributed by atoms with Gasteiger partial charge in [0, 0.05) is 0 Å². The van der Waals surface area contributed by atoms with Crippen LogP contribution in [0.4, 0.5) is 8.78 Å². The summed E-state index contributed by atoms with van der Waals surface area (Å²) in [6.07, 6.45) is 0. The highest BCUT2D eigenvalue weighted by atomic mass is 32.2. The lowest BCUT2D eigenvalue weighted by Gasteiger charge is -1.99. The summed E-state index contributed by atoms with van der Waals surface area (Å²) in [5.41, 5.74) is 0. The molecule has 0 aromatic carbocycles. The van der Waals surface area contributed by atoms with Crippen molar-refractivity contribution in [2.75, 3.05) is 0 Å². The molecule has 0 bridgehead atoms. The van der Waals surface area contributed by atoms with E-state index in [0.717, 1.165) is 0 Å². The Morgan fingerprint density at radius 2 is 1.89 bits per heavy atom. The first kappa shape index (κ1) is 8.26. The van der Waals surface area contributed by atoms with Crippen LogP contribution in [0.5, 0.6) is 0 Å². The number of nitriles is 1. The number of hydrogen-bond donors (Lipinski definition) is 1. The molecule has 0 amide bonds. The van der Waals surface area contributed by atoms with Crippen molar-refractivity contribution in [3.8, 4) is 6.07 Å². The van der Waals surface area contributed by atoms with Crippen LogP contribution in [0.2, 0.25) is 0 Å². The minimum absolute atomic E-state index is 0.110. The largest absolute Gasteiger partial charge is 0.456 e. The van der Waals surface area contributed by atoms with E-state index in [4.69, 9.17) is 9.81 Å². The second-order valence-corrected chi connectivity index (χ2v) is 2.57. The predicted molar refractivity (Wildman–Crippen MR) is 22.1 cm³/mol. The Bertz CT molecular complexity index is 237. The molecular weight excluding hydrogens is 156 g/mol. The molecule has 0 spiro atoms. The van der Waals surface area contributed by atoms with Crippen LogP contribution >= 0.6 is 0 Å². The van der Waals surface area contributed by atoms with Crippen LogP contribution in [0.15, 0.2) is 0 Å². The molecule has 0 aliphatic rings. The van der Waals surface area contributed by atoms with Crippen LogP contribution < -0.4 is 0 Å². The zero-order chi connectivity index (χ0) is 7.71. The normalized spacial score (nSPS) is 12.7. The van der Waals surface area contributed by atoms with Crippen molar-refractivity contribution in [1.82, 2.24) is 0 Å². The molecule has 0 aromatic heterocycles. The van der Waals surface area contributed by atoms with Gasteiger partial charge in [0.05, 0.1) is 0 Å². The molecule has 0 aliphatic heterocycles. The van der Waals surface area contributed by atoms with E-state index >= 15 is 0 Å². The van der Waals surface area contributed by atoms with E-state index in [9.17, 15) is 17.2 Å². The van der Waals surface area contributed by atoms with E-state index in [1.165, 1.54) is 0 Å². The molecule has 0 aromatic rings. The maximum Gasteiger partial charge on any atom is 0.456 e. The average molecular weight is 157 g/mol.